The molecule has 2 aliphatic rings. The highest BCUT2D eigenvalue weighted by Crippen LogP contribution is 2.31. The fourth-order valence-electron chi connectivity index (χ4n) is 3.56. The highest BCUT2D eigenvalue weighted by molar-refractivity contribution is 5.93. The van der Waals surface area contributed by atoms with E-state index in [4.69, 9.17) is 14.7 Å². The first-order valence-electron chi connectivity index (χ1n) is 9.09. The molecule has 1 aromatic rings. The van der Waals surface area contributed by atoms with E-state index in [1.807, 2.05) is 4.90 Å². The number of hydrogen-bond acceptors (Lipinski definition) is 5. The molecular formula is C19H26N2O5. The maximum absolute atomic E-state index is 13.2. The Hall–Kier alpha value is -2.12. The van der Waals surface area contributed by atoms with Crippen LogP contribution in [0, 0.1) is 11.8 Å². The standard InChI is InChI=1S/C19H26N2O5/c1-12(2)16-11-26-17-9-14(18(22)20-24)3-4-15(17)10-21(16)19(23)13-5-7-25-8-6-13/h3-4,9,12-13,16,24H,5-8,10-11H2,1-2H3,(H,20,22). The van der Waals surface area contributed by atoms with Gasteiger partial charge in [-0.1, -0.05) is 19.9 Å². The quantitative estimate of drug-likeness (QED) is 0.634. The van der Waals surface area contributed by atoms with E-state index in [0.717, 1.165) is 18.4 Å². The highest BCUT2D eigenvalue weighted by atomic mass is 16.5. The van der Waals surface area contributed by atoms with Crippen LogP contribution in [0.25, 0.3) is 0 Å². The van der Waals surface area contributed by atoms with E-state index in [1.165, 1.54) is 0 Å². The third kappa shape index (κ3) is 3.83. The summed E-state index contributed by atoms with van der Waals surface area (Å²) in [6.07, 6.45) is 1.51. The van der Waals surface area contributed by atoms with Crippen LogP contribution < -0.4 is 10.2 Å². The predicted octanol–water partition coefficient (Wildman–Crippen LogP) is 1.98. The fourth-order valence-corrected chi connectivity index (χ4v) is 3.56. The number of hydrogen-bond donors (Lipinski definition) is 2. The van der Waals surface area contributed by atoms with Crippen LogP contribution in [0.5, 0.6) is 5.75 Å². The van der Waals surface area contributed by atoms with Crippen LogP contribution in [0.1, 0.15) is 42.6 Å². The van der Waals surface area contributed by atoms with Crippen molar-refractivity contribution in [1.29, 1.82) is 0 Å². The lowest BCUT2D eigenvalue weighted by Crippen LogP contribution is -2.48. The van der Waals surface area contributed by atoms with Crippen LogP contribution in [0.15, 0.2) is 18.2 Å². The number of rotatable bonds is 3. The number of nitrogens with one attached hydrogen (secondary N) is 1. The second-order valence-electron chi connectivity index (χ2n) is 7.24. The molecule has 2 aliphatic heterocycles. The van der Waals surface area contributed by atoms with Crippen LogP contribution in [0.2, 0.25) is 0 Å². The van der Waals surface area contributed by atoms with Gasteiger partial charge in [-0.15, -0.1) is 0 Å². The van der Waals surface area contributed by atoms with Gasteiger partial charge in [0.25, 0.3) is 5.91 Å². The van der Waals surface area contributed by atoms with Crippen molar-refractivity contribution in [3.63, 3.8) is 0 Å². The average molecular weight is 362 g/mol. The number of amides is 2. The molecule has 0 bridgehead atoms. The Kier molecular flexibility index (Phi) is 5.78. The summed E-state index contributed by atoms with van der Waals surface area (Å²) in [5.74, 6) is 0.384. The van der Waals surface area contributed by atoms with Crippen molar-refractivity contribution < 1.29 is 24.3 Å². The highest BCUT2D eigenvalue weighted by Gasteiger charge is 2.35. The summed E-state index contributed by atoms with van der Waals surface area (Å²) in [4.78, 5) is 26.7. The van der Waals surface area contributed by atoms with E-state index in [9.17, 15) is 9.59 Å². The van der Waals surface area contributed by atoms with Gasteiger partial charge in [0.1, 0.15) is 12.4 Å². The maximum Gasteiger partial charge on any atom is 0.274 e. The Morgan fingerprint density at radius 1 is 1.27 bits per heavy atom. The summed E-state index contributed by atoms with van der Waals surface area (Å²) in [6.45, 7) is 6.25. The minimum absolute atomic E-state index is 0.00834. The van der Waals surface area contributed by atoms with Gasteiger partial charge in [0.05, 0.1) is 6.04 Å². The van der Waals surface area contributed by atoms with E-state index in [2.05, 4.69) is 13.8 Å². The van der Waals surface area contributed by atoms with Gasteiger partial charge in [-0.05, 0) is 30.9 Å². The maximum atomic E-state index is 13.2. The lowest BCUT2D eigenvalue weighted by atomic mass is 9.95. The van der Waals surface area contributed by atoms with Crippen molar-refractivity contribution in [2.45, 2.75) is 39.3 Å². The molecule has 2 amide bonds. The summed E-state index contributed by atoms with van der Waals surface area (Å²) < 4.78 is 11.3. The monoisotopic (exact) mass is 362 g/mol. The first-order valence-corrected chi connectivity index (χ1v) is 9.09. The third-order valence-electron chi connectivity index (χ3n) is 5.20. The molecule has 1 saturated heterocycles. The smallest absolute Gasteiger partial charge is 0.274 e. The molecule has 1 unspecified atom stereocenters. The van der Waals surface area contributed by atoms with Crippen LogP contribution in [0.4, 0.5) is 0 Å². The molecule has 7 heteroatoms. The van der Waals surface area contributed by atoms with Crippen molar-refractivity contribution in [3.8, 4) is 5.75 Å². The lowest BCUT2D eigenvalue weighted by molar-refractivity contribution is -0.143. The zero-order valence-electron chi connectivity index (χ0n) is 15.2. The van der Waals surface area contributed by atoms with Gasteiger partial charge in [0.15, 0.2) is 0 Å². The van der Waals surface area contributed by atoms with Crippen LogP contribution in [0.3, 0.4) is 0 Å². The lowest BCUT2D eigenvalue weighted by Gasteiger charge is -2.35. The summed E-state index contributed by atoms with van der Waals surface area (Å²) >= 11 is 0. The summed E-state index contributed by atoms with van der Waals surface area (Å²) in [5, 5.41) is 8.82. The number of carbonyl (C=O) groups is 2. The van der Waals surface area contributed by atoms with Gasteiger partial charge in [-0.2, -0.15) is 0 Å². The molecule has 0 aliphatic carbocycles. The van der Waals surface area contributed by atoms with E-state index in [1.54, 1.807) is 23.7 Å². The SMILES string of the molecule is CC(C)C1COc2cc(C(=O)NO)ccc2CN1C(=O)C1CCOCC1. The Bertz CT molecular complexity index is 670. The zero-order chi connectivity index (χ0) is 18.7. The van der Waals surface area contributed by atoms with Crippen molar-refractivity contribution in [3.05, 3.63) is 29.3 Å². The molecule has 7 nitrogen and oxygen atoms in total. The van der Waals surface area contributed by atoms with Crippen molar-refractivity contribution in [2.75, 3.05) is 19.8 Å². The molecule has 3 rings (SSSR count). The average Bonchev–Trinajstić information content (AvgIpc) is 2.86. The van der Waals surface area contributed by atoms with Gasteiger partial charge >= 0.3 is 0 Å². The second-order valence-corrected chi connectivity index (χ2v) is 7.24. The molecule has 26 heavy (non-hydrogen) atoms. The topological polar surface area (TPSA) is 88.1 Å². The molecule has 1 atom stereocenters. The molecule has 1 fully saturated rings. The largest absolute Gasteiger partial charge is 0.491 e. The first kappa shape index (κ1) is 18.7. The molecule has 0 radical (unpaired) electrons. The van der Waals surface area contributed by atoms with Gasteiger partial charge in [0.2, 0.25) is 5.91 Å². The van der Waals surface area contributed by atoms with Gasteiger partial charge < -0.3 is 14.4 Å². The number of carbonyl (C=O) groups excluding carboxylic acids is 2. The summed E-state index contributed by atoms with van der Waals surface area (Å²) in [5.41, 5.74) is 2.81. The van der Waals surface area contributed by atoms with Gasteiger partial charge in [-0.3, -0.25) is 14.8 Å². The minimum atomic E-state index is -0.587. The van der Waals surface area contributed by atoms with E-state index in [-0.39, 0.29) is 23.8 Å². The van der Waals surface area contributed by atoms with Crippen LogP contribution in [-0.4, -0.2) is 47.8 Å². The van der Waals surface area contributed by atoms with Crippen LogP contribution >= 0.6 is 0 Å². The number of benzene rings is 1. The minimum Gasteiger partial charge on any atom is -0.491 e. The number of ether oxygens (including phenoxy) is 2. The normalized spacial score (nSPS) is 20.9. The fraction of sp³-hybridized carbons (Fsp3) is 0.579. The van der Waals surface area contributed by atoms with Crippen molar-refractivity contribution in [2.24, 2.45) is 11.8 Å². The predicted molar refractivity (Wildman–Crippen MR) is 93.9 cm³/mol. The molecular weight excluding hydrogens is 336 g/mol. The molecule has 142 valence electrons. The third-order valence-corrected chi connectivity index (χ3v) is 5.20. The molecule has 0 spiro atoms. The summed E-state index contributed by atoms with van der Waals surface area (Å²) in [6, 6.07) is 4.99. The van der Waals surface area contributed by atoms with E-state index in [0.29, 0.717) is 37.7 Å². The number of hydroxylamine groups is 1. The van der Waals surface area contributed by atoms with Crippen molar-refractivity contribution >= 4 is 11.8 Å². The van der Waals surface area contributed by atoms with Gasteiger partial charge in [0, 0.05) is 36.8 Å². The Morgan fingerprint density at radius 2 is 2.00 bits per heavy atom. The summed E-state index contributed by atoms with van der Waals surface area (Å²) in [7, 11) is 0. The molecule has 2 heterocycles. The molecule has 1 aromatic carbocycles. The Balaban J connectivity index is 1.87. The second kappa shape index (κ2) is 8.05. The zero-order valence-corrected chi connectivity index (χ0v) is 15.2. The van der Waals surface area contributed by atoms with Crippen LogP contribution in [-0.2, 0) is 16.1 Å². The van der Waals surface area contributed by atoms with E-state index < -0.39 is 5.91 Å². The van der Waals surface area contributed by atoms with E-state index >= 15 is 0 Å². The molecule has 0 aromatic heterocycles. The Labute approximate surface area is 153 Å². The number of fused-ring (bicyclic) bond motifs is 1. The Morgan fingerprint density at radius 3 is 2.65 bits per heavy atom. The first-order chi connectivity index (χ1) is 12.5. The molecule has 0 saturated carbocycles. The molecule has 2 N–H and O–H groups in total. The van der Waals surface area contributed by atoms with Gasteiger partial charge in [-0.25, -0.2) is 5.48 Å². The number of nitrogens with zero attached hydrogens (tertiary/aromatic N) is 1. The van der Waals surface area contributed by atoms with Crippen molar-refractivity contribution in [1.82, 2.24) is 10.4 Å².